The molecule has 0 saturated carbocycles. The maximum atomic E-state index is 5.57. The second-order valence-electron chi connectivity index (χ2n) is 4.09. The Bertz CT molecular complexity index is 581. The zero-order chi connectivity index (χ0) is 13.1. The molecule has 0 saturated heterocycles. The van der Waals surface area contributed by atoms with Crippen LogP contribution in [0.2, 0.25) is 0 Å². The molecule has 5 nitrogen and oxygen atoms in total. The van der Waals surface area contributed by atoms with Crippen LogP contribution in [-0.2, 0) is 0 Å². The zero-order valence-corrected chi connectivity index (χ0v) is 10.7. The summed E-state index contributed by atoms with van der Waals surface area (Å²) in [5.41, 5.74) is 9.62. The predicted molar refractivity (Wildman–Crippen MR) is 71.3 cm³/mol. The molecule has 1 heterocycles. The molecule has 0 amide bonds. The lowest BCUT2D eigenvalue weighted by molar-refractivity contribution is 1.04. The molecule has 2 N–H and O–H groups in total. The van der Waals surface area contributed by atoms with Crippen molar-refractivity contribution >= 4 is 17.3 Å². The summed E-state index contributed by atoms with van der Waals surface area (Å²) >= 11 is 0. The van der Waals surface area contributed by atoms with Gasteiger partial charge >= 0.3 is 0 Å². The van der Waals surface area contributed by atoms with E-state index < -0.39 is 0 Å². The third-order valence-electron chi connectivity index (χ3n) is 2.62. The molecule has 0 aliphatic heterocycles. The van der Waals surface area contributed by atoms with E-state index in [1.807, 2.05) is 45.0 Å². The van der Waals surface area contributed by atoms with Crippen LogP contribution < -0.4 is 5.73 Å². The number of benzene rings is 1. The second-order valence-corrected chi connectivity index (χ2v) is 4.09. The molecule has 5 heteroatoms. The first-order valence-electron chi connectivity index (χ1n) is 5.66. The van der Waals surface area contributed by atoms with Crippen molar-refractivity contribution in [1.29, 1.82) is 0 Å². The van der Waals surface area contributed by atoms with Crippen LogP contribution in [0.1, 0.15) is 17.0 Å². The van der Waals surface area contributed by atoms with E-state index in [0.29, 0.717) is 5.69 Å². The number of azo groups is 1. The third-order valence-corrected chi connectivity index (χ3v) is 2.62. The maximum absolute atomic E-state index is 5.57. The Morgan fingerprint density at radius 2 is 1.56 bits per heavy atom. The van der Waals surface area contributed by atoms with Crippen LogP contribution in [0.15, 0.2) is 34.5 Å². The van der Waals surface area contributed by atoms with Crippen LogP contribution in [0, 0.1) is 20.8 Å². The molecule has 0 unspecified atom stereocenters. The Morgan fingerprint density at radius 1 is 0.944 bits per heavy atom. The molecule has 1 aromatic heterocycles. The van der Waals surface area contributed by atoms with Gasteiger partial charge in [-0.1, -0.05) is 18.2 Å². The highest BCUT2D eigenvalue weighted by atomic mass is 15.1. The molecule has 18 heavy (non-hydrogen) atoms. The highest BCUT2D eigenvalue weighted by molar-refractivity contribution is 5.49. The lowest BCUT2D eigenvalue weighted by atomic mass is 10.2. The van der Waals surface area contributed by atoms with E-state index in [0.717, 1.165) is 22.6 Å². The first kappa shape index (κ1) is 12.2. The minimum atomic E-state index is 0.264. The molecule has 92 valence electrons. The van der Waals surface area contributed by atoms with Gasteiger partial charge in [-0.15, -0.1) is 5.11 Å². The molecule has 2 aromatic rings. The van der Waals surface area contributed by atoms with Crippen LogP contribution in [0.25, 0.3) is 0 Å². The van der Waals surface area contributed by atoms with E-state index in [-0.39, 0.29) is 5.95 Å². The second kappa shape index (κ2) is 4.91. The summed E-state index contributed by atoms with van der Waals surface area (Å²) in [6.07, 6.45) is 0. The van der Waals surface area contributed by atoms with Crippen LogP contribution in [0.4, 0.5) is 17.3 Å². The summed E-state index contributed by atoms with van der Waals surface area (Å²) in [6.45, 7) is 5.68. The minimum absolute atomic E-state index is 0.264. The Balaban J connectivity index is 2.38. The molecular weight excluding hydrogens is 226 g/mol. The van der Waals surface area contributed by atoms with Crippen LogP contribution in [0.3, 0.4) is 0 Å². The highest BCUT2D eigenvalue weighted by Gasteiger charge is 2.06. The van der Waals surface area contributed by atoms with Gasteiger partial charge in [-0.2, -0.15) is 5.11 Å². The summed E-state index contributed by atoms with van der Waals surface area (Å²) < 4.78 is 0. The van der Waals surface area contributed by atoms with Crippen molar-refractivity contribution < 1.29 is 0 Å². The molecule has 0 aliphatic carbocycles. The van der Waals surface area contributed by atoms with Crippen LogP contribution in [0.5, 0.6) is 0 Å². The van der Waals surface area contributed by atoms with Crippen molar-refractivity contribution in [2.24, 2.45) is 10.2 Å². The summed E-state index contributed by atoms with van der Waals surface area (Å²) in [6, 6.07) is 7.81. The molecule has 0 spiro atoms. The summed E-state index contributed by atoms with van der Waals surface area (Å²) in [4.78, 5) is 8.16. The van der Waals surface area contributed by atoms with Crippen molar-refractivity contribution in [2.75, 3.05) is 5.73 Å². The first-order chi connectivity index (χ1) is 8.58. The van der Waals surface area contributed by atoms with Gasteiger partial charge < -0.3 is 5.73 Å². The van der Waals surface area contributed by atoms with Crippen LogP contribution in [-0.4, -0.2) is 9.97 Å². The van der Waals surface area contributed by atoms with Gasteiger partial charge in [-0.3, -0.25) is 0 Å². The molecular formula is C13H15N5. The van der Waals surface area contributed by atoms with Gasteiger partial charge in [0.2, 0.25) is 5.95 Å². The molecule has 0 bridgehead atoms. The van der Waals surface area contributed by atoms with Gasteiger partial charge in [0, 0.05) is 0 Å². The maximum Gasteiger partial charge on any atom is 0.220 e. The lowest BCUT2D eigenvalue weighted by Gasteiger charge is -2.03. The zero-order valence-electron chi connectivity index (χ0n) is 10.7. The topological polar surface area (TPSA) is 76.5 Å². The first-order valence-corrected chi connectivity index (χ1v) is 5.66. The Hall–Kier alpha value is -2.30. The van der Waals surface area contributed by atoms with E-state index in [2.05, 4.69) is 20.2 Å². The monoisotopic (exact) mass is 241 g/mol. The third kappa shape index (κ3) is 2.51. The van der Waals surface area contributed by atoms with Gasteiger partial charge in [0.25, 0.3) is 0 Å². The van der Waals surface area contributed by atoms with Gasteiger partial charge in [-0.05, 0) is 32.4 Å². The van der Waals surface area contributed by atoms with Crippen molar-refractivity contribution in [3.05, 3.63) is 41.2 Å². The molecule has 1 aromatic carbocycles. The average Bonchev–Trinajstić information content (AvgIpc) is 2.30. The number of nitrogen functional groups attached to an aromatic ring is 1. The smallest absolute Gasteiger partial charge is 0.220 e. The van der Waals surface area contributed by atoms with E-state index >= 15 is 0 Å². The summed E-state index contributed by atoms with van der Waals surface area (Å²) in [5.74, 6) is 0.264. The van der Waals surface area contributed by atoms with Gasteiger partial charge in [-0.25, -0.2) is 9.97 Å². The Morgan fingerprint density at radius 3 is 2.17 bits per heavy atom. The number of aryl methyl sites for hydroxylation is 3. The SMILES string of the molecule is Cc1ccccc1N=Nc1c(C)nc(N)nc1C. The lowest BCUT2D eigenvalue weighted by Crippen LogP contribution is -1.98. The van der Waals surface area contributed by atoms with Crippen molar-refractivity contribution in [2.45, 2.75) is 20.8 Å². The van der Waals surface area contributed by atoms with E-state index in [1.54, 1.807) is 0 Å². The standard InChI is InChI=1S/C13H15N5/c1-8-6-4-5-7-11(8)17-18-12-9(2)15-13(14)16-10(12)3/h4-7H,1-3H3,(H2,14,15,16). The predicted octanol–water partition coefficient (Wildman–Crippen LogP) is 3.40. The number of aromatic nitrogens is 2. The van der Waals surface area contributed by atoms with Gasteiger partial charge in [0.1, 0.15) is 5.69 Å². The van der Waals surface area contributed by atoms with Crippen molar-refractivity contribution in [3.63, 3.8) is 0 Å². The van der Waals surface area contributed by atoms with E-state index in [4.69, 9.17) is 5.73 Å². The van der Waals surface area contributed by atoms with Crippen molar-refractivity contribution in [1.82, 2.24) is 9.97 Å². The molecule has 0 fully saturated rings. The fourth-order valence-electron chi connectivity index (χ4n) is 1.66. The molecule has 0 radical (unpaired) electrons. The van der Waals surface area contributed by atoms with Crippen molar-refractivity contribution in [3.8, 4) is 0 Å². The Labute approximate surface area is 106 Å². The van der Waals surface area contributed by atoms with Gasteiger partial charge in [0.15, 0.2) is 0 Å². The normalized spacial score (nSPS) is 11.1. The average molecular weight is 241 g/mol. The number of hydrogen-bond acceptors (Lipinski definition) is 5. The summed E-state index contributed by atoms with van der Waals surface area (Å²) in [5, 5.41) is 8.45. The number of nitrogens with zero attached hydrogens (tertiary/aromatic N) is 4. The summed E-state index contributed by atoms with van der Waals surface area (Å²) in [7, 11) is 0. The quantitative estimate of drug-likeness (QED) is 0.818. The molecule has 2 rings (SSSR count). The Kier molecular flexibility index (Phi) is 3.32. The van der Waals surface area contributed by atoms with Gasteiger partial charge in [0.05, 0.1) is 17.1 Å². The number of anilines is 1. The number of hydrogen-bond donors (Lipinski definition) is 1. The highest BCUT2D eigenvalue weighted by Crippen LogP contribution is 2.25. The van der Waals surface area contributed by atoms with E-state index in [9.17, 15) is 0 Å². The fraction of sp³-hybridized carbons (Fsp3) is 0.231. The minimum Gasteiger partial charge on any atom is -0.368 e. The number of nitrogens with two attached hydrogens (primary N) is 1. The van der Waals surface area contributed by atoms with Crippen LogP contribution >= 0.6 is 0 Å². The number of rotatable bonds is 2. The van der Waals surface area contributed by atoms with E-state index in [1.165, 1.54) is 0 Å². The molecule has 0 aliphatic rings. The largest absolute Gasteiger partial charge is 0.368 e. The fourth-order valence-corrected chi connectivity index (χ4v) is 1.66. The molecule has 0 atom stereocenters.